The summed E-state index contributed by atoms with van der Waals surface area (Å²) in [5, 5.41) is 0.384. The molecule has 1 unspecified atom stereocenters. The molecule has 0 nitrogen and oxygen atoms in total. The van der Waals surface area contributed by atoms with Crippen molar-refractivity contribution >= 4 is 20.7 Å². The van der Waals surface area contributed by atoms with Crippen molar-refractivity contribution in [2.45, 2.75) is 43.8 Å². The lowest BCUT2D eigenvalue weighted by molar-refractivity contribution is 0.712. The van der Waals surface area contributed by atoms with Crippen molar-refractivity contribution in [3.63, 3.8) is 0 Å². The van der Waals surface area contributed by atoms with Gasteiger partial charge in [-0.15, -0.1) is 0 Å². The van der Waals surface area contributed by atoms with Crippen molar-refractivity contribution < 1.29 is 0 Å². The summed E-state index contributed by atoms with van der Waals surface area (Å²) in [6.07, 6.45) is 0. The molecule has 0 bridgehead atoms. The summed E-state index contributed by atoms with van der Waals surface area (Å²) < 4.78 is 0. The third-order valence-electron chi connectivity index (χ3n) is 3.73. The van der Waals surface area contributed by atoms with Gasteiger partial charge in [-0.05, 0) is 10.6 Å². The van der Waals surface area contributed by atoms with E-state index in [-0.39, 0.29) is 0 Å². The number of thiol groups is 1. The van der Waals surface area contributed by atoms with Gasteiger partial charge in [0, 0.05) is 4.87 Å². The Kier molecular flexibility index (Phi) is 3.72. The first-order valence-corrected chi connectivity index (χ1v) is 9.09. The first-order valence-electron chi connectivity index (χ1n) is 5.50. The fourth-order valence-electron chi connectivity index (χ4n) is 1.46. The summed E-state index contributed by atoms with van der Waals surface area (Å²) in [6, 6.07) is 10.7. The molecule has 0 aliphatic rings. The van der Waals surface area contributed by atoms with Crippen molar-refractivity contribution in [3.05, 3.63) is 35.9 Å². The van der Waals surface area contributed by atoms with Crippen LogP contribution in [0.5, 0.6) is 0 Å². The Hall–Kier alpha value is -0.213. The van der Waals surface area contributed by atoms with Crippen LogP contribution in [0.3, 0.4) is 0 Å². The van der Waals surface area contributed by atoms with Gasteiger partial charge in [-0.1, -0.05) is 64.2 Å². The van der Waals surface area contributed by atoms with Crippen LogP contribution < -0.4 is 0 Å². The van der Waals surface area contributed by atoms with Gasteiger partial charge >= 0.3 is 0 Å². The molecule has 0 aliphatic carbocycles. The summed E-state index contributed by atoms with van der Waals surface area (Å²) in [5.41, 5.74) is 1.37. The smallest absolute Gasteiger partial charge is 0.0722 e. The van der Waals surface area contributed by atoms with Gasteiger partial charge in [-0.3, -0.25) is 0 Å². The second-order valence-corrected chi connectivity index (χ2v) is 12.3. The highest BCUT2D eigenvalue weighted by molar-refractivity contribution is 7.82. The highest BCUT2D eigenvalue weighted by atomic mass is 32.1. The SMILES string of the molecule is CC(C)(C)[Si](C)(C)C(S)c1ccccc1. The minimum atomic E-state index is -1.38. The van der Waals surface area contributed by atoms with Crippen LogP contribution in [-0.4, -0.2) is 8.07 Å². The van der Waals surface area contributed by atoms with Crippen LogP contribution in [0.15, 0.2) is 30.3 Å². The van der Waals surface area contributed by atoms with E-state index in [0.29, 0.717) is 9.91 Å². The molecule has 0 fully saturated rings. The number of hydrogen-bond donors (Lipinski definition) is 1. The molecule has 15 heavy (non-hydrogen) atoms. The molecule has 84 valence electrons. The second kappa shape index (κ2) is 4.34. The molecule has 0 saturated carbocycles. The van der Waals surface area contributed by atoms with E-state index in [2.05, 4.69) is 64.2 Å². The third kappa shape index (κ3) is 2.67. The van der Waals surface area contributed by atoms with E-state index in [9.17, 15) is 0 Å². The van der Waals surface area contributed by atoms with E-state index >= 15 is 0 Å². The van der Waals surface area contributed by atoms with Crippen LogP contribution in [0, 0.1) is 0 Å². The highest BCUT2D eigenvalue weighted by Gasteiger charge is 2.40. The van der Waals surface area contributed by atoms with Crippen molar-refractivity contribution in [3.8, 4) is 0 Å². The third-order valence-corrected chi connectivity index (χ3v) is 11.5. The topological polar surface area (TPSA) is 0 Å². The van der Waals surface area contributed by atoms with Crippen LogP contribution in [0.2, 0.25) is 18.1 Å². The van der Waals surface area contributed by atoms with Gasteiger partial charge < -0.3 is 0 Å². The standard InChI is InChI=1S/C13H22SSi/c1-13(2,3)15(4,5)12(14)11-9-7-6-8-10-11/h6-10,12,14H,1-5H3. The van der Waals surface area contributed by atoms with Gasteiger partial charge in [-0.2, -0.15) is 12.6 Å². The zero-order valence-electron chi connectivity index (χ0n) is 10.4. The molecule has 0 radical (unpaired) electrons. The lowest BCUT2D eigenvalue weighted by Crippen LogP contribution is -2.41. The van der Waals surface area contributed by atoms with Crippen LogP contribution in [0.4, 0.5) is 0 Å². The second-order valence-electron chi connectivity index (χ2n) is 5.78. The van der Waals surface area contributed by atoms with E-state index in [4.69, 9.17) is 12.6 Å². The van der Waals surface area contributed by atoms with Gasteiger partial charge in [0.05, 0.1) is 8.07 Å². The van der Waals surface area contributed by atoms with Crippen LogP contribution in [-0.2, 0) is 0 Å². The Labute approximate surface area is 101 Å². The summed E-state index contributed by atoms with van der Waals surface area (Å²) in [6.45, 7) is 11.9. The maximum Gasteiger partial charge on any atom is 0.0722 e. The van der Waals surface area contributed by atoms with Crippen molar-refractivity contribution in [2.24, 2.45) is 0 Å². The molecule has 1 aromatic rings. The monoisotopic (exact) mass is 238 g/mol. The van der Waals surface area contributed by atoms with Crippen LogP contribution in [0.1, 0.15) is 31.2 Å². The molecule has 0 saturated heterocycles. The summed E-state index contributed by atoms with van der Waals surface area (Å²) >= 11 is 4.86. The molecular formula is C13H22SSi. The van der Waals surface area contributed by atoms with Crippen molar-refractivity contribution in [1.82, 2.24) is 0 Å². The maximum absolute atomic E-state index is 4.86. The van der Waals surface area contributed by atoms with E-state index in [0.717, 1.165) is 0 Å². The van der Waals surface area contributed by atoms with Gasteiger partial charge in [0.2, 0.25) is 0 Å². The number of hydrogen-bond acceptors (Lipinski definition) is 1. The predicted octanol–water partition coefficient (Wildman–Crippen LogP) is 4.71. The molecule has 0 aliphatic heterocycles. The lowest BCUT2D eigenvalue weighted by atomic mass is 10.2. The Morgan fingerprint density at radius 1 is 1.07 bits per heavy atom. The zero-order valence-corrected chi connectivity index (χ0v) is 12.3. The molecule has 0 aromatic heterocycles. The maximum atomic E-state index is 4.86. The molecular weight excluding hydrogens is 216 g/mol. The molecule has 1 aromatic carbocycles. The fraction of sp³-hybridized carbons (Fsp3) is 0.538. The highest BCUT2D eigenvalue weighted by Crippen LogP contribution is 2.46. The Morgan fingerprint density at radius 3 is 1.93 bits per heavy atom. The van der Waals surface area contributed by atoms with Crippen molar-refractivity contribution in [1.29, 1.82) is 0 Å². The Bertz CT molecular complexity index is 311. The molecule has 0 amide bonds. The number of rotatable bonds is 2. The van der Waals surface area contributed by atoms with E-state index in [1.54, 1.807) is 0 Å². The van der Waals surface area contributed by atoms with Crippen LogP contribution in [0.25, 0.3) is 0 Å². The summed E-state index contributed by atoms with van der Waals surface area (Å²) in [5.74, 6) is 0. The normalized spacial score (nSPS) is 15.1. The average Bonchev–Trinajstić information content (AvgIpc) is 2.16. The minimum Gasteiger partial charge on any atom is -0.174 e. The van der Waals surface area contributed by atoms with Gasteiger partial charge in [-0.25, -0.2) is 0 Å². The van der Waals surface area contributed by atoms with Gasteiger partial charge in [0.25, 0.3) is 0 Å². The quantitative estimate of drug-likeness (QED) is 0.560. The molecule has 0 spiro atoms. The largest absolute Gasteiger partial charge is 0.174 e. The molecule has 1 rings (SSSR count). The average molecular weight is 238 g/mol. The molecule has 2 heteroatoms. The predicted molar refractivity (Wildman–Crippen MR) is 75.4 cm³/mol. The van der Waals surface area contributed by atoms with Gasteiger partial charge in [0.1, 0.15) is 0 Å². The van der Waals surface area contributed by atoms with Crippen molar-refractivity contribution in [2.75, 3.05) is 0 Å². The zero-order chi connectivity index (χ0) is 11.7. The van der Waals surface area contributed by atoms with Crippen LogP contribution >= 0.6 is 12.6 Å². The van der Waals surface area contributed by atoms with E-state index in [1.807, 2.05) is 0 Å². The Balaban J connectivity index is 3.00. The van der Waals surface area contributed by atoms with Gasteiger partial charge in [0.15, 0.2) is 0 Å². The Morgan fingerprint density at radius 2 is 1.53 bits per heavy atom. The first-order chi connectivity index (χ1) is 6.77. The molecule has 1 atom stereocenters. The summed E-state index contributed by atoms with van der Waals surface area (Å²) in [7, 11) is -1.38. The molecule has 0 heterocycles. The lowest BCUT2D eigenvalue weighted by Gasteiger charge is -2.41. The van der Waals surface area contributed by atoms with E-state index in [1.165, 1.54) is 5.56 Å². The first kappa shape index (κ1) is 12.9. The summed E-state index contributed by atoms with van der Waals surface area (Å²) in [4.78, 5) is 0.415. The minimum absolute atomic E-state index is 0.384. The van der Waals surface area contributed by atoms with E-state index < -0.39 is 8.07 Å². The molecule has 0 N–H and O–H groups in total. The number of benzene rings is 1. The fourth-order valence-corrected chi connectivity index (χ4v) is 4.64.